The molecule has 7 nitrogen and oxygen atoms in total. The molecule has 3 aromatic rings. The van der Waals surface area contributed by atoms with Gasteiger partial charge >= 0.3 is 0 Å². The molecule has 170 valence electrons. The number of nitrogens with zero attached hydrogens (tertiary/aromatic N) is 5. The Morgan fingerprint density at radius 1 is 1.19 bits per heavy atom. The van der Waals surface area contributed by atoms with Crippen LogP contribution in [0.5, 0.6) is 0 Å². The molecule has 3 N–H and O–H groups in total. The van der Waals surface area contributed by atoms with Gasteiger partial charge in [-0.15, -0.1) is 0 Å². The number of hydrogen-bond donors (Lipinski definition) is 2. The van der Waals surface area contributed by atoms with Crippen LogP contribution in [0.25, 0.3) is 11.3 Å². The van der Waals surface area contributed by atoms with Crippen molar-refractivity contribution in [2.75, 3.05) is 24.5 Å². The van der Waals surface area contributed by atoms with Gasteiger partial charge in [0.15, 0.2) is 5.82 Å². The molecule has 0 aliphatic carbocycles. The number of piperidine rings is 1. The fourth-order valence-corrected chi connectivity index (χ4v) is 4.88. The molecular formula is C23H28Cl2N6O. The van der Waals surface area contributed by atoms with E-state index in [-0.39, 0.29) is 12.0 Å². The van der Waals surface area contributed by atoms with E-state index >= 15 is 0 Å². The lowest BCUT2D eigenvalue weighted by Gasteiger charge is -2.42. The minimum absolute atomic E-state index is 0.0373. The van der Waals surface area contributed by atoms with Crippen LogP contribution >= 0.6 is 23.2 Å². The molecule has 1 aliphatic rings. The van der Waals surface area contributed by atoms with Crippen molar-refractivity contribution in [3.05, 3.63) is 57.6 Å². The van der Waals surface area contributed by atoms with E-state index in [9.17, 15) is 5.11 Å². The van der Waals surface area contributed by atoms with Crippen LogP contribution in [-0.4, -0.2) is 44.5 Å². The Labute approximate surface area is 198 Å². The van der Waals surface area contributed by atoms with Crippen LogP contribution in [0.15, 0.2) is 30.6 Å². The number of nitrogens with two attached hydrogens (primary N) is 1. The van der Waals surface area contributed by atoms with Crippen LogP contribution in [0.3, 0.4) is 0 Å². The molecule has 0 atom stereocenters. The molecular weight excluding hydrogens is 447 g/mol. The van der Waals surface area contributed by atoms with E-state index in [4.69, 9.17) is 38.9 Å². The highest BCUT2D eigenvalue weighted by Gasteiger charge is 2.35. The Morgan fingerprint density at radius 3 is 2.56 bits per heavy atom. The average molecular weight is 475 g/mol. The topological polar surface area (TPSA) is 93.1 Å². The van der Waals surface area contributed by atoms with E-state index in [0.717, 1.165) is 43.9 Å². The molecule has 9 heteroatoms. The molecule has 1 aliphatic heterocycles. The zero-order valence-electron chi connectivity index (χ0n) is 18.4. The highest BCUT2D eigenvalue weighted by atomic mass is 35.5. The molecule has 0 unspecified atom stereocenters. The first-order valence-corrected chi connectivity index (χ1v) is 11.5. The Hall–Kier alpha value is -2.19. The van der Waals surface area contributed by atoms with Crippen LogP contribution < -0.4 is 10.6 Å². The lowest BCUT2D eigenvalue weighted by Crippen LogP contribution is -2.45. The van der Waals surface area contributed by atoms with Crippen molar-refractivity contribution < 1.29 is 5.11 Å². The van der Waals surface area contributed by atoms with E-state index in [1.807, 2.05) is 37.0 Å². The second-order valence-corrected chi connectivity index (χ2v) is 9.36. The Balaban J connectivity index is 1.58. The summed E-state index contributed by atoms with van der Waals surface area (Å²) in [6.45, 7) is 3.92. The average Bonchev–Trinajstić information content (AvgIpc) is 3.20. The molecule has 0 saturated carbocycles. The summed E-state index contributed by atoms with van der Waals surface area (Å²) in [5, 5.41) is 15.2. The summed E-state index contributed by atoms with van der Waals surface area (Å²) in [6, 6.07) is 5.43. The zero-order valence-corrected chi connectivity index (χ0v) is 19.9. The van der Waals surface area contributed by atoms with Crippen molar-refractivity contribution in [1.82, 2.24) is 19.7 Å². The van der Waals surface area contributed by atoms with Crippen LogP contribution in [0, 0.1) is 12.3 Å². The first-order valence-electron chi connectivity index (χ1n) is 10.7. The minimum atomic E-state index is -0.206. The van der Waals surface area contributed by atoms with Gasteiger partial charge in [0, 0.05) is 31.9 Å². The van der Waals surface area contributed by atoms with Crippen molar-refractivity contribution in [1.29, 1.82) is 0 Å². The fraction of sp³-hybridized carbons (Fsp3) is 0.435. The third-order valence-corrected chi connectivity index (χ3v) is 7.19. The normalized spacial score (nSPS) is 15.9. The second-order valence-electron chi connectivity index (χ2n) is 8.58. The van der Waals surface area contributed by atoms with Crippen molar-refractivity contribution in [3.63, 3.8) is 0 Å². The highest BCUT2D eigenvalue weighted by Crippen LogP contribution is 2.38. The number of benzene rings is 1. The molecule has 1 aromatic carbocycles. The predicted molar refractivity (Wildman–Crippen MR) is 128 cm³/mol. The molecule has 3 heterocycles. The number of anilines is 1. The van der Waals surface area contributed by atoms with Crippen molar-refractivity contribution in [3.8, 4) is 11.3 Å². The predicted octanol–water partition coefficient (Wildman–Crippen LogP) is 3.77. The summed E-state index contributed by atoms with van der Waals surface area (Å²) in [4.78, 5) is 11.8. The number of aliphatic hydroxyl groups excluding tert-OH is 1. The maximum atomic E-state index is 10.1. The minimum Gasteiger partial charge on any atom is -0.390 e. The van der Waals surface area contributed by atoms with E-state index in [2.05, 4.69) is 16.2 Å². The van der Waals surface area contributed by atoms with Gasteiger partial charge in [-0.05, 0) is 49.8 Å². The van der Waals surface area contributed by atoms with Gasteiger partial charge in [0.25, 0.3) is 0 Å². The molecule has 32 heavy (non-hydrogen) atoms. The monoisotopic (exact) mass is 474 g/mol. The van der Waals surface area contributed by atoms with Crippen LogP contribution in [0.4, 0.5) is 5.82 Å². The number of aliphatic hydroxyl groups is 1. The third kappa shape index (κ3) is 4.48. The standard InChI is InChI=1S/C23H28Cl2N6O/c1-15-21(17-4-3-5-18(24)20(17)25)29-19(13-32)22(28-15)31-8-6-23(14-26,7-9-31)10-16-11-27-30(2)12-16/h3-5,11-12,32H,6-10,13-14,26H2,1-2H3. The van der Waals surface area contributed by atoms with Crippen LogP contribution in [0.2, 0.25) is 10.0 Å². The van der Waals surface area contributed by atoms with Gasteiger partial charge in [0.1, 0.15) is 5.69 Å². The molecule has 0 spiro atoms. The van der Waals surface area contributed by atoms with Crippen molar-refractivity contribution in [2.45, 2.75) is 32.8 Å². The first kappa shape index (κ1) is 23.0. The van der Waals surface area contributed by atoms with E-state index in [0.29, 0.717) is 33.5 Å². The smallest absolute Gasteiger partial charge is 0.153 e. The summed E-state index contributed by atoms with van der Waals surface area (Å²) in [6.07, 6.45) is 6.76. The molecule has 2 aromatic heterocycles. The summed E-state index contributed by atoms with van der Waals surface area (Å²) in [7, 11) is 1.93. The zero-order chi connectivity index (χ0) is 22.9. The van der Waals surface area contributed by atoms with Gasteiger partial charge in [0.2, 0.25) is 0 Å². The Morgan fingerprint density at radius 2 is 1.94 bits per heavy atom. The molecule has 0 amide bonds. The fourth-order valence-electron chi connectivity index (χ4n) is 4.49. The summed E-state index contributed by atoms with van der Waals surface area (Å²) in [5.41, 5.74) is 10.1. The van der Waals surface area contributed by atoms with Crippen LogP contribution in [-0.2, 0) is 20.1 Å². The summed E-state index contributed by atoms with van der Waals surface area (Å²) < 4.78 is 1.83. The maximum absolute atomic E-state index is 10.1. The van der Waals surface area contributed by atoms with Crippen molar-refractivity contribution >= 4 is 29.0 Å². The van der Waals surface area contributed by atoms with Crippen LogP contribution in [0.1, 0.15) is 29.8 Å². The Bertz CT molecular complexity index is 1110. The molecule has 1 fully saturated rings. The molecule has 0 radical (unpaired) electrons. The molecule has 1 saturated heterocycles. The van der Waals surface area contributed by atoms with Gasteiger partial charge in [-0.3, -0.25) is 4.68 Å². The maximum Gasteiger partial charge on any atom is 0.153 e. The largest absolute Gasteiger partial charge is 0.390 e. The van der Waals surface area contributed by atoms with Gasteiger partial charge in [-0.2, -0.15) is 5.10 Å². The van der Waals surface area contributed by atoms with E-state index in [1.165, 1.54) is 5.56 Å². The van der Waals surface area contributed by atoms with Gasteiger partial charge in [-0.1, -0.05) is 35.3 Å². The molecule has 0 bridgehead atoms. The lowest BCUT2D eigenvalue weighted by atomic mass is 9.74. The first-order chi connectivity index (χ1) is 15.4. The Kier molecular flexibility index (Phi) is 6.72. The van der Waals surface area contributed by atoms with Gasteiger partial charge in [0.05, 0.1) is 34.2 Å². The van der Waals surface area contributed by atoms with E-state index in [1.54, 1.807) is 6.07 Å². The second kappa shape index (κ2) is 9.35. The van der Waals surface area contributed by atoms with Gasteiger partial charge in [-0.25, -0.2) is 9.97 Å². The molecule has 4 rings (SSSR count). The highest BCUT2D eigenvalue weighted by molar-refractivity contribution is 6.43. The van der Waals surface area contributed by atoms with E-state index < -0.39 is 0 Å². The number of halogens is 2. The number of hydrogen-bond acceptors (Lipinski definition) is 6. The number of aryl methyl sites for hydroxylation is 2. The lowest BCUT2D eigenvalue weighted by molar-refractivity contribution is 0.224. The summed E-state index contributed by atoms with van der Waals surface area (Å²) >= 11 is 12.6. The SMILES string of the molecule is Cc1nc(N2CCC(CN)(Cc3cnn(C)c3)CC2)c(CO)nc1-c1cccc(Cl)c1Cl. The quantitative estimate of drug-likeness (QED) is 0.564. The van der Waals surface area contributed by atoms with Gasteiger partial charge < -0.3 is 15.7 Å². The van der Waals surface area contributed by atoms with Crippen molar-refractivity contribution in [2.24, 2.45) is 18.2 Å². The third-order valence-electron chi connectivity index (χ3n) is 6.37. The summed E-state index contributed by atoms with van der Waals surface area (Å²) in [5.74, 6) is 0.721. The number of rotatable bonds is 6. The number of aromatic nitrogens is 4.